The van der Waals surface area contributed by atoms with E-state index in [1.807, 2.05) is 26.0 Å². The summed E-state index contributed by atoms with van der Waals surface area (Å²) < 4.78 is 13.6. The second kappa shape index (κ2) is 4.30. The topological polar surface area (TPSA) is 12.0 Å². The van der Waals surface area contributed by atoms with Crippen molar-refractivity contribution >= 4 is 28.1 Å². The number of halogens is 2. The molecule has 0 radical (unpaired) electrons. The molecule has 1 N–H and O–H groups in total. The molecule has 0 spiro atoms. The van der Waals surface area contributed by atoms with Crippen LogP contribution in [0.15, 0.2) is 24.3 Å². The Hall–Kier alpha value is -1.28. The summed E-state index contributed by atoms with van der Waals surface area (Å²) in [7, 11) is 0. The van der Waals surface area contributed by atoms with Gasteiger partial charge in [-0.15, -0.1) is 0 Å². The van der Waals surface area contributed by atoms with Crippen molar-refractivity contribution in [1.82, 2.24) is 0 Å². The Morgan fingerprint density at radius 2 is 2.00 bits per heavy atom. The monoisotopic (exact) mass is 237 g/mol. The predicted molar refractivity (Wildman–Crippen MR) is 67.8 cm³/mol. The maximum atomic E-state index is 13.6. The molecule has 84 valence electrons. The molecule has 1 nitrogen and oxygen atoms in total. The van der Waals surface area contributed by atoms with Crippen LogP contribution in [0, 0.1) is 12.7 Å². The zero-order valence-corrected chi connectivity index (χ0v) is 10.0. The molecule has 0 saturated heterocycles. The third-order valence-electron chi connectivity index (χ3n) is 2.58. The van der Waals surface area contributed by atoms with Gasteiger partial charge in [0.05, 0.1) is 0 Å². The Bertz CT molecular complexity index is 537. The van der Waals surface area contributed by atoms with E-state index in [2.05, 4.69) is 5.32 Å². The number of hydrogen-bond donors (Lipinski definition) is 1. The molecule has 2 aromatic carbocycles. The van der Waals surface area contributed by atoms with E-state index in [-0.39, 0.29) is 5.82 Å². The van der Waals surface area contributed by atoms with Gasteiger partial charge in [-0.05, 0) is 49.1 Å². The summed E-state index contributed by atoms with van der Waals surface area (Å²) in [4.78, 5) is 0. The molecule has 0 aromatic heterocycles. The van der Waals surface area contributed by atoms with Crippen molar-refractivity contribution in [2.24, 2.45) is 0 Å². The van der Waals surface area contributed by atoms with E-state index < -0.39 is 0 Å². The Labute approximate surface area is 99.2 Å². The van der Waals surface area contributed by atoms with Gasteiger partial charge >= 0.3 is 0 Å². The molecule has 16 heavy (non-hydrogen) atoms. The number of fused-ring (bicyclic) bond motifs is 1. The van der Waals surface area contributed by atoms with Gasteiger partial charge in [0.2, 0.25) is 0 Å². The van der Waals surface area contributed by atoms with Crippen LogP contribution in [0.5, 0.6) is 0 Å². The summed E-state index contributed by atoms with van der Waals surface area (Å²) in [6.07, 6.45) is 0. The van der Waals surface area contributed by atoms with Crippen molar-refractivity contribution in [3.05, 3.63) is 40.7 Å². The highest BCUT2D eigenvalue weighted by atomic mass is 35.5. The maximum absolute atomic E-state index is 13.6. The number of anilines is 1. The highest BCUT2D eigenvalue weighted by Crippen LogP contribution is 2.28. The van der Waals surface area contributed by atoms with E-state index in [9.17, 15) is 4.39 Å². The average molecular weight is 238 g/mol. The van der Waals surface area contributed by atoms with Gasteiger partial charge < -0.3 is 5.32 Å². The smallest absolute Gasteiger partial charge is 0.132 e. The molecule has 0 fully saturated rings. The molecule has 2 aromatic rings. The fourth-order valence-corrected chi connectivity index (χ4v) is 2.03. The van der Waals surface area contributed by atoms with Gasteiger partial charge in [-0.1, -0.05) is 11.6 Å². The van der Waals surface area contributed by atoms with Crippen LogP contribution >= 0.6 is 11.6 Å². The second-order valence-corrected chi connectivity index (χ2v) is 4.24. The first kappa shape index (κ1) is 11.2. The lowest BCUT2D eigenvalue weighted by Crippen LogP contribution is -1.98. The van der Waals surface area contributed by atoms with Crippen molar-refractivity contribution < 1.29 is 4.39 Å². The minimum atomic E-state index is -0.270. The molecule has 2 rings (SSSR count). The van der Waals surface area contributed by atoms with E-state index in [1.54, 1.807) is 6.07 Å². The molecule has 0 saturated carbocycles. The quantitative estimate of drug-likeness (QED) is 0.818. The molecule has 0 aliphatic rings. The normalized spacial score (nSPS) is 10.8. The molecule has 0 aliphatic heterocycles. The summed E-state index contributed by atoms with van der Waals surface area (Å²) in [5, 5.41) is 5.11. The largest absolute Gasteiger partial charge is 0.385 e. The molecule has 0 bridgehead atoms. The Morgan fingerprint density at radius 1 is 1.25 bits per heavy atom. The van der Waals surface area contributed by atoms with Crippen LogP contribution in [-0.4, -0.2) is 6.54 Å². The minimum Gasteiger partial charge on any atom is -0.385 e. The Balaban J connectivity index is 2.69. The van der Waals surface area contributed by atoms with Gasteiger partial charge in [0.15, 0.2) is 0 Å². The molecular formula is C13H13ClFN. The van der Waals surface area contributed by atoms with E-state index in [0.29, 0.717) is 10.4 Å². The van der Waals surface area contributed by atoms with Gasteiger partial charge in [0.1, 0.15) is 5.82 Å². The molecular weight excluding hydrogens is 225 g/mol. The van der Waals surface area contributed by atoms with Gasteiger partial charge in [-0.2, -0.15) is 0 Å². The first-order valence-electron chi connectivity index (χ1n) is 5.25. The van der Waals surface area contributed by atoms with E-state index >= 15 is 0 Å². The van der Waals surface area contributed by atoms with Crippen LogP contribution in [0.1, 0.15) is 12.5 Å². The number of nitrogens with one attached hydrogen (secondary N) is 1. The van der Waals surface area contributed by atoms with Crippen LogP contribution in [0.3, 0.4) is 0 Å². The molecule has 0 amide bonds. The zero-order valence-electron chi connectivity index (χ0n) is 9.27. The van der Waals surface area contributed by atoms with Crippen molar-refractivity contribution in [3.63, 3.8) is 0 Å². The van der Waals surface area contributed by atoms with Gasteiger partial charge in [0.25, 0.3) is 0 Å². The highest BCUT2D eigenvalue weighted by molar-refractivity contribution is 6.31. The zero-order chi connectivity index (χ0) is 11.7. The standard InChI is InChI=1S/C13H13ClFN/c1-3-16-13-6-9-5-10(14)7-12(15)11(9)4-8(13)2/h4-7,16H,3H2,1-2H3. The number of aryl methyl sites for hydroxylation is 1. The van der Waals surface area contributed by atoms with Crippen LogP contribution < -0.4 is 5.32 Å². The maximum Gasteiger partial charge on any atom is 0.132 e. The van der Waals surface area contributed by atoms with Gasteiger partial charge in [0, 0.05) is 22.6 Å². The third-order valence-corrected chi connectivity index (χ3v) is 2.80. The molecule has 0 unspecified atom stereocenters. The number of rotatable bonds is 2. The predicted octanol–water partition coefficient (Wildman–Crippen LogP) is 4.37. The van der Waals surface area contributed by atoms with Crippen molar-refractivity contribution in [2.45, 2.75) is 13.8 Å². The van der Waals surface area contributed by atoms with E-state index in [1.165, 1.54) is 6.07 Å². The summed E-state index contributed by atoms with van der Waals surface area (Å²) >= 11 is 5.83. The fourth-order valence-electron chi connectivity index (χ4n) is 1.82. The molecule has 3 heteroatoms. The van der Waals surface area contributed by atoms with E-state index in [0.717, 1.165) is 23.2 Å². The van der Waals surface area contributed by atoms with E-state index in [4.69, 9.17) is 11.6 Å². The molecule has 0 heterocycles. The van der Waals surface area contributed by atoms with Gasteiger partial charge in [-0.3, -0.25) is 0 Å². The Kier molecular flexibility index (Phi) is 3.01. The summed E-state index contributed by atoms with van der Waals surface area (Å²) in [5.41, 5.74) is 2.06. The van der Waals surface area contributed by atoms with Crippen LogP contribution in [0.2, 0.25) is 5.02 Å². The Morgan fingerprint density at radius 3 is 2.69 bits per heavy atom. The number of hydrogen-bond acceptors (Lipinski definition) is 1. The van der Waals surface area contributed by atoms with Crippen molar-refractivity contribution in [3.8, 4) is 0 Å². The SMILES string of the molecule is CCNc1cc2cc(Cl)cc(F)c2cc1C. The lowest BCUT2D eigenvalue weighted by molar-refractivity contribution is 0.640. The lowest BCUT2D eigenvalue weighted by Gasteiger charge is -2.10. The van der Waals surface area contributed by atoms with Crippen molar-refractivity contribution in [1.29, 1.82) is 0 Å². The molecule has 0 atom stereocenters. The minimum absolute atomic E-state index is 0.270. The first-order valence-corrected chi connectivity index (χ1v) is 5.63. The highest BCUT2D eigenvalue weighted by Gasteiger charge is 2.06. The van der Waals surface area contributed by atoms with Crippen LogP contribution in [0.25, 0.3) is 10.8 Å². The van der Waals surface area contributed by atoms with Crippen LogP contribution in [-0.2, 0) is 0 Å². The summed E-state index contributed by atoms with van der Waals surface area (Å²) in [6, 6.07) is 6.90. The number of benzene rings is 2. The average Bonchev–Trinajstić information content (AvgIpc) is 2.21. The fraction of sp³-hybridized carbons (Fsp3) is 0.231. The third kappa shape index (κ3) is 1.98. The van der Waals surface area contributed by atoms with Crippen LogP contribution in [0.4, 0.5) is 10.1 Å². The van der Waals surface area contributed by atoms with Crippen molar-refractivity contribution in [2.75, 3.05) is 11.9 Å². The lowest BCUT2D eigenvalue weighted by atomic mass is 10.1. The molecule has 0 aliphatic carbocycles. The summed E-state index contributed by atoms with van der Waals surface area (Å²) in [6.45, 7) is 4.84. The first-order chi connectivity index (χ1) is 7.61. The summed E-state index contributed by atoms with van der Waals surface area (Å²) in [5.74, 6) is -0.270. The van der Waals surface area contributed by atoms with Gasteiger partial charge in [-0.25, -0.2) is 4.39 Å². The second-order valence-electron chi connectivity index (χ2n) is 3.81.